The molecule has 1 aliphatic rings. The van der Waals surface area contributed by atoms with Crippen molar-refractivity contribution in [3.05, 3.63) is 60.5 Å². The second-order valence-corrected chi connectivity index (χ2v) is 9.87. The third-order valence-electron chi connectivity index (χ3n) is 5.60. The Morgan fingerprint density at radius 3 is 2.58 bits per heavy atom. The number of hydrogen-bond acceptors (Lipinski definition) is 10. The van der Waals surface area contributed by atoms with Gasteiger partial charge in [0.15, 0.2) is 11.6 Å². The van der Waals surface area contributed by atoms with Crippen LogP contribution in [0.4, 0.5) is 33.2 Å². The van der Waals surface area contributed by atoms with Gasteiger partial charge in [0.2, 0.25) is 5.95 Å². The van der Waals surface area contributed by atoms with Crippen molar-refractivity contribution in [3.8, 4) is 5.75 Å². The van der Waals surface area contributed by atoms with E-state index in [0.29, 0.717) is 18.0 Å². The number of para-hydroxylation sites is 2. The Balaban J connectivity index is 1.42. The van der Waals surface area contributed by atoms with Gasteiger partial charge in [0.25, 0.3) is 0 Å². The average molecular weight is 545 g/mol. The van der Waals surface area contributed by atoms with Crippen LogP contribution < -0.4 is 20.1 Å². The van der Waals surface area contributed by atoms with Crippen molar-refractivity contribution in [2.45, 2.75) is 26.2 Å². The Bertz CT molecular complexity index is 1370. The molecule has 0 amide bonds. The molecule has 1 saturated heterocycles. The van der Waals surface area contributed by atoms with Gasteiger partial charge >= 0.3 is 16.3 Å². The number of ether oxygens (including phenoxy) is 1. The maximum absolute atomic E-state index is 14.5. The zero-order valence-corrected chi connectivity index (χ0v) is 21.6. The SMILES string of the molecule is CC(=O)OS(=O)(=O)Nc1ccccc1Nc1nc(Nc2cccc(OCCN3CCCCC3)c2)ncc1F. The molecule has 13 heteroatoms. The van der Waals surface area contributed by atoms with Crippen LogP contribution in [-0.2, 0) is 19.3 Å². The van der Waals surface area contributed by atoms with E-state index >= 15 is 0 Å². The predicted octanol–water partition coefficient (Wildman–Crippen LogP) is 4.19. The first-order valence-electron chi connectivity index (χ1n) is 12.1. The topological polar surface area (TPSA) is 135 Å². The molecule has 11 nitrogen and oxygen atoms in total. The molecule has 0 radical (unpaired) electrons. The molecule has 1 aromatic heterocycles. The largest absolute Gasteiger partial charge is 0.492 e. The van der Waals surface area contributed by atoms with Gasteiger partial charge in [-0.25, -0.2) is 14.1 Å². The molecule has 0 aliphatic carbocycles. The fraction of sp³-hybridized carbons (Fsp3) is 0.320. The monoisotopic (exact) mass is 544 g/mol. The smallest absolute Gasteiger partial charge is 0.410 e. The molecule has 3 aromatic rings. The lowest BCUT2D eigenvalue weighted by Gasteiger charge is -2.26. The van der Waals surface area contributed by atoms with Crippen molar-refractivity contribution in [1.82, 2.24) is 14.9 Å². The van der Waals surface area contributed by atoms with E-state index in [0.717, 1.165) is 32.8 Å². The van der Waals surface area contributed by atoms with Gasteiger partial charge in [0, 0.05) is 25.2 Å². The summed E-state index contributed by atoms with van der Waals surface area (Å²) in [5.41, 5.74) is 0.846. The Kier molecular flexibility index (Phi) is 8.92. The van der Waals surface area contributed by atoms with E-state index in [-0.39, 0.29) is 23.1 Å². The van der Waals surface area contributed by atoms with E-state index in [9.17, 15) is 17.6 Å². The number of carbonyl (C=O) groups excluding carboxylic acids is 1. The predicted molar refractivity (Wildman–Crippen MR) is 142 cm³/mol. The van der Waals surface area contributed by atoms with Crippen molar-refractivity contribution < 1.29 is 26.5 Å². The Labute approximate surface area is 220 Å². The quantitative estimate of drug-likeness (QED) is 0.323. The first-order valence-corrected chi connectivity index (χ1v) is 13.5. The number of nitrogens with zero attached hydrogens (tertiary/aromatic N) is 3. The van der Waals surface area contributed by atoms with Crippen molar-refractivity contribution in [2.75, 3.05) is 41.6 Å². The zero-order valence-electron chi connectivity index (χ0n) is 20.8. The molecule has 1 aliphatic heterocycles. The van der Waals surface area contributed by atoms with E-state index in [1.165, 1.54) is 31.4 Å². The minimum Gasteiger partial charge on any atom is -0.492 e. The maximum Gasteiger partial charge on any atom is 0.410 e. The molecule has 4 rings (SSSR count). The summed E-state index contributed by atoms with van der Waals surface area (Å²) in [6.07, 6.45) is 4.73. The number of nitrogens with one attached hydrogen (secondary N) is 3. The zero-order chi connectivity index (χ0) is 27.0. The van der Waals surface area contributed by atoms with Crippen LogP contribution in [0.5, 0.6) is 5.75 Å². The van der Waals surface area contributed by atoms with Crippen LogP contribution in [0.25, 0.3) is 0 Å². The lowest BCUT2D eigenvalue weighted by atomic mass is 10.1. The van der Waals surface area contributed by atoms with Crippen LogP contribution >= 0.6 is 0 Å². The maximum atomic E-state index is 14.5. The molecule has 1 fully saturated rings. The third-order valence-corrected chi connectivity index (χ3v) is 6.53. The summed E-state index contributed by atoms with van der Waals surface area (Å²) in [4.78, 5) is 21.6. The Morgan fingerprint density at radius 2 is 1.82 bits per heavy atom. The van der Waals surface area contributed by atoms with E-state index < -0.39 is 22.1 Å². The lowest BCUT2D eigenvalue weighted by molar-refractivity contribution is -0.131. The normalized spacial score (nSPS) is 13.9. The highest BCUT2D eigenvalue weighted by Crippen LogP contribution is 2.28. The molecule has 2 aromatic carbocycles. The summed E-state index contributed by atoms with van der Waals surface area (Å²) in [5.74, 6) is -1.17. The van der Waals surface area contributed by atoms with Crippen molar-refractivity contribution in [3.63, 3.8) is 0 Å². The van der Waals surface area contributed by atoms with E-state index in [1.54, 1.807) is 24.3 Å². The molecule has 0 saturated carbocycles. The van der Waals surface area contributed by atoms with Gasteiger partial charge in [0.1, 0.15) is 12.4 Å². The molecule has 202 valence electrons. The number of carbonyl (C=O) groups is 1. The van der Waals surface area contributed by atoms with Crippen LogP contribution in [0.15, 0.2) is 54.7 Å². The van der Waals surface area contributed by atoms with Crippen molar-refractivity contribution in [1.29, 1.82) is 0 Å². The van der Waals surface area contributed by atoms with Crippen LogP contribution in [-0.4, -0.2) is 55.5 Å². The highest BCUT2D eigenvalue weighted by atomic mass is 32.2. The van der Waals surface area contributed by atoms with Crippen molar-refractivity contribution >= 4 is 45.1 Å². The lowest BCUT2D eigenvalue weighted by Crippen LogP contribution is -2.33. The van der Waals surface area contributed by atoms with Gasteiger partial charge in [-0.3, -0.25) is 9.69 Å². The first kappa shape index (κ1) is 27.1. The van der Waals surface area contributed by atoms with Crippen LogP contribution in [0, 0.1) is 5.82 Å². The van der Waals surface area contributed by atoms with Gasteiger partial charge in [-0.2, -0.15) is 13.4 Å². The van der Waals surface area contributed by atoms with E-state index in [4.69, 9.17) is 4.74 Å². The van der Waals surface area contributed by atoms with Gasteiger partial charge in [0.05, 0.1) is 17.6 Å². The second-order valence-electron chi connectivity index (χ2n) is 8.60. The number of benzene rings is 2. The Hall–Kier alpha value is -3.97. The minimum absolute atomic E-state index is 0.0238. The first-order chi connectivity index (χ1) is 18.3. The summed E-state index contributed by atoms with van der Waals surface area (Å²) in [6.45, 7) is 4.61. The van der Waals surface area contributed by atoms with Crippen LogP contribution in [0.1, 0.15) is 26.2 Å². The van der Waals surface area contributed by atoms with Crippen LogP contribution in [0.3, 0.4) is 0 Å². The number of anilines is 5. The molecular formula is C25H29FN6O5S. The van der Waals surface area contributed by atoms with E-state index in [1.807, 2.05) is 12.1 Å². The van der Waals surface area contributed by atoms with Crippen molar-refractivity contribution in [2.24, 2.45) is 0 Å². The Morgan fingerprint density at radius 1 is 1.05 bits per heavy atom. The van der Waals surface area contributed by atoms with E-state index in [2.05, 4.69) is 34.4 Å². The summed E-state index contributed by atoms with van der Waals surface area (Å²) in [6, 6.07) is 13.4. The fourth-order valence-corrected chi connectivity index (χ4v) is 4.70. The summed E-state index contributed by atoms with van der Waals surface area (Å²) < 4.78 is 50.9. The fourth-order valence-electron chi connectivity index (χ4n) is 3.90. The van der Waals surface area contributed by atoms with Gasteiger partial charge in [-0.05, 0) is 50.2 Å². The number of likely N-dealkylation sites (tertiary alicyclic amines) is 1. The number of hydrogen-bond donors (Lipinski definition) is 3. The highest BCUT2D eigenvalue weighted by molar-refractivity contribution is 7.88. The molecule has 0 spiro atoms. The minimum atomic E-state index is -4.42. The molecular weight excluding hydrogens is 515 g/mol. The number of halogens is 1. The highest BCUT2D eigenvalue weighted by Gasteiger charge is 2.17. The number of piperidine rings is 1. The molecule has 2 heterocycles. The standard InChI is InChI=1S/C25H29FN6O5S/c1-18(33)37-38(34,35)31-23-11-4-3-10-22(23)29-24-21(26)17-27-25(30-24)28-19-8-7-9-20(16-19)36-15-14-32-12-5-2-6-13-32/h3-4,7-11,16-17,31H,2,5-6,12-15H2,1H3,(H2,27,28,29,30). The average Bonchev–Trinajstić information content (AvgIpc) is 2.87. The molecule has 0 atom stereocenters. The molecule has 0 bridgehead atoms. The molecule has 0 unspecified atom stereocenters. The molecule has 3 N–H and O–H groups in total. The van der Waals surface area contributed by atoms with Gasteiger partial charge in [-0.15, -0.1) is 0 Å². The molecule has 38 heavy (non-hydrogen) atoms. The van der Waals surface area contributed by atoms with Crippen LogP contribution in [0.2, 0.25) is 0 Å². The van der Waals surface area contributed by atoms with Gasteiger partial charge < -0.3 is 19.6 Å². The van der Waals surface area contributed by atoms with Gasteiger partial charge in [-0.1, -0.05) is 24.6 Å². The third kappa shape index (κ3) is 8.02. The summed E-state index contributed by atoms with van der Waals surface area (Å²) >= 11 is 0. The number of rotatable bonds is 11. The second kappa shape index (κ2) is 12.5. The summed E-state index contributed by atoms with van der Waals surface area (Å²) in [7, 11) is -4.42. The summed E-state index contributed by atoms with van der Waals surface area (Å²) in [5, 5.41) is 5.77. The number of aromatic nitrogens is 2.